The predicted molar refractivity (Wildman–Crippen MR) is 78.6 cm³/mol. The van der Waals surface area contributed by atoms with E-state index < -0.39 is 9.84 Å². The first-order chi connectivity index (χ1) is 9.85. The molecule has 2 aliphatic rings. The second kappa shape index (κ2) is 5.12. The Morgan fingerprint density at radius 2 is 1.95 bits per heavy atom. The monoisotopic (exact) mass is 311 g/mol. The molecule has 6 nitrogen and oxygen atoms in total. The summed E-state index contributed by atoms with van der Waals surface area (Å²) in [5.74, 6) is 0.863. The number of aromatic amines is 1. The molecular formula is C14H21N3O3S. The first-order valence-electron chi connectivity index (χ1n) is 7.41. The number of carbonyl (C=O) groups excluding carboxylic acids is 1. The average Bonchev–Trinajstić information content (AvgIpc) is 2.78. The fourth-order valence-electron chi connectivity index (χ4n) is 3.47. The number of nitrogens with zero attached hydrogens (tertiary/aromatic N) is 2. The van der Waals surface area contributed by atoms with Crippen molar-refractivity contribution in [3.63, 3.8) is 0 Å². The standard InChI is InChI=1S/C14H21N3O3S/c1-9-5-10(2)7-17(6-9)14(18)13-11-8-21(19,20)4-3-12(11)15-16-13/h9-10H,3-8H2,1-2H3,(H,15,16)/t9-,10-/m0/s1. The van der Waals surface area contributed by atoms with Crippen LogP contribution in [-0.2, 0) is 22.0 Å². The number of aryl methyl sites for hydroxylation is 1. The van der Waals surface area contributed by atoms with Crippen molar-refractivity contribution in [3.05, 3.63) is 17.0 Å². The SMILES string of the molecule is C[C@H]1C[C@H](C)CN(C(=O)c2n[nH]c3c2CS(=O)(=O)CC3)C1. The van der Waals surface area contributed by atoms with Gasteiger partial charge in [-0.05, 0) is 18.3 Å². The second-order valence-electron chi connectivity index (χ2n) is 6.53. The lowest BCUT2D eigenvalue weighted by Crippen LogP contribution is -2.43. The predicted octanol–water partition coefficient (Wildman–Crippen LogP) is 0.999. The largest absolute Gasteiger partial charge is 0.337 e. The van der Waals surface area contributed by atoms with Crippen LogP contribution in [0.3, 0.4) is 0 Å². The number of piperidine rings is 1. The van der Waals surface area contributed by atoms with Crippen molar-refractivity contribution >= 4 is 15.7 Å². The van der Waals surface area contributed by atoms with Crippen molar-refractivity contribution in [1.29, 1.82) is 0 Å². The van der Waals surface area contributed by atoms with E-state index in [4.69, 9.17) is 0 Å². The maximum absolute atomic E-state index is 12.7. The molecule has 7 heteroatoms. The van der Waals surface area contributed by atoms with Gasteiger partial charge >= 0.3 is 0 Å². The molecule has 0 spiro atoms. The number of aromatic nitrogens is 2. The van der Waals surface area contributed by atoms with Gasteiger partial charge in [0.05, 0.1) is 11.5 Å². The molecule has 2 aliphatic heterocycles. The first kappa shape index (κ1) is 14.6. The van der Waals surface area contributed by atoms with Gasteiger partial charge in [-0.3, -0.25) is 9.89 Å². The molecule has 1 N–H and O–H groups in total. The number of hydrogen-bond donors (Lipinski definition) is 1. The van der Waals surface area contributed by atoms with E-state index in [0.717, 1.165) is 25.2 Å². The van der Waals surface area contributed by atoms with E-state index >= 15 is 0 Å². The summed E-state index contributed by atoms with van der Waals surface area (Å²) in [5.41, 5.74) is 1.68. The minimum absolute atomic E-state index is 0.0706. The van der Waals surface area contributed by atoms with Crippen molar-refractivity contribution < 1.29 is 13.2 Å². The zero-order valence-electron chi connectivity index (χ0n) is 12.4. The number of likely N-dealkylation sites (tertiary alicyclic amines) is 1. The van der Waals surface area contributed by atoms with E-state index in [9.17, 15) is 13.2 Å². The van der Waals surface area contributed by atoms with Crippen LogP contribution in [0.2, 0.25) is 0 Å². The highest BCUT2D eigenvalue weighted by molar-refractivity contribution is 7.90. The van der Waals surface area contributed by atoms with Crippen LogP contribution < -0.4 is 0 Å². The summed E-state index contributed by atoms with van der Waals surface area (Å²) >= 11 is 0. The Kier molecular flexibility index (Phi) is 3.55. The Labute approximate surface area is 124 Å². The Morgan fingerprint density at radius 3 is 2.62 bits per heavy atom. The molecule has 116 valence electrons. The van der Waals surface area contributed by atoms with Gasteiger partial charge in [-0.2, -0.15) is 5.10 Å². The van der Waals surface area contributed by atoms with Gasteiger partial charge in [-0.15, -0.1) is 0 Å². The highest BCUT2D eigenvalue weighted by atomic mass is 32.2. The van der Waals surface area contributed by atoms with Gasteiger partial charge in [-0.25, -0.2) is 8.42 Å². The number of fused-ring (bicyclic) bond motifs is 1. The number of rotatable bonds is 1. The summed E-state index contributed by atoms with van der Waals surface area (Å²) in [4.78, 5) is 14.5. The molecule has 0 aliphatic carbocycles. The van der Waals surface area contributed by atoms with Gasteiger partial charge in [-0.1, -0.05) is 13.8 Å². The number of hydrogen-bond acceptors (Lipinski definition) is 4. The van der Waals surface area contributed by atoms with E-state index in [2.05, 4.69) is 24.0 Å². The van der Waals surface area contributed by atoms with Crippen LogP contribution in [0.4, 0.5) is 0 Å². The Balaban J connectivity index is 1.88. The third-order valence-electron chi connectivity index (χ3n) is 4.34. The molecule has 2 atom stereocenters. The number of carbonyl (C=O) groups is 1. The molecule has 0 saturated carbocycles. The lowest BCUT2D eigenvalue weighted by atomic mass is 9.91. The summed E-state index contributed by atoms with van der Waals surface area (Å²) in [6.45, 7) is 5.72. The van der Waals surface area contributed by atoms with Crippen LogP contribution in [0.1, 0.15) is 42.0 Å². The summed E-state index contributed by atoms with van der Waals surface area (Å²) in [6, 6.07) is 0. The van der Waals surface area contributed by atoms with Crippen LogP contribution in [0.15, 0.2) is 0 Å². The van der Waals surface area contributed by atoms with Crippen molar-refractivity contribution in [2.24, 2.45) is 11.8 Å². The summed E-state index contributed by atoms with van der Waals surface area (Å²) < 4.78 is 23.6. The lowest BCUT2D eigenvalue weighted by Gasteiger charge is -2.34. The minimum Gasteiger partial charge on any atom is -0.337 e. The molecule has 0 radical (unpaired) electrons. The molecule has 1 saturated heterocycles. The van der Waals surface area contributed by atoms with Crippen molar-refractivity contribution in [3.8, 4) is 0 Å². The van der Waals surface area contributed by atoms with Crippen molar-refractivity contribution in [1.82, 2.24) is 15.1 Å². The van der Waals surface area contributed by atoms with Crippen molar-refractivity contribution in [2.75, 3.05) is 18.8 Å². The number of sulfone groups is 1. The quantitative estimate of drug-likeness (QED) is 0.838. The molecule has 1 fully saturated rings. The number of amides is 1. The van der Waals surface area contributed by atoms with Gasteiger partial charge in [0.25, 0.3) is 5.91 Å². The Hall–Kier alpha value is -1.37. The second-order valence-corrected chi connectivity index (χ2v) is 8.71. The van der Waals surface area contributed by atoms with Crippen molar-refractivity contribution in [2.45, 2.75) is 32.4 Å². The van der Waals surface area contributed by atoms with E-state index in [1.165, 1.54) is 0 Å². The summed E-state index contributed by atoms with van der Waals surface area (Å²) in [5, 5.41) is 6.95. The molecule has 1 aromatic rings. The van der Waals surface area contributed by atoms with Gasteiger partial charge in [0.1, 0.15) is 0 Å². The normalized spacial score (nSPS) is 28.2. The lowest BCUT2D eigenvalue weighted by molar-refractivity contribution is 0.0616. The van der Waals surface area contributed by atoms with Crippen LogP contribution in [0.5, 0.6) is 0 Å². The van der Waals surface area contributed by atoms with Crippen LogP contribution in [-0.4, -0.2) is 48.3 Å². The summed E-state index contributed by atoms with van der Waals surface area (Å²) in [7, 11) is -3.11. The van der Waals surface area contributed by atoms with Crippen LogP contribution in [0, 0.1) is 11.8 Å². The van der Waals surface area contributed by atoms with Gasteiger partial charge in [0, 0.05) is 30.8 Å². The molecule has 1 amide bonds. The molecule has 21 heavy (non-hydrogen) atoms. The average molecular weight is 311 g/mol. The van der Waals surface area contributed by atoms with Crippen LogP contribution >= 0.6 is 0 Å². The maximum atomic E-state index is 12.7. The maximum Gasteiger partial charge on any atom is 0.274 e. The topological polar surface area (TPSA) is 83.1 Å². The first-order valence-corrected chi connectivity index (χ1v) is 9.23. The zero-order chi connectivity index (χ0) is 15.2. The van der Waals surface area contributed by atoms with Crippen LogP contribution in [0.25, 0.3) is 0 Å². The third-order valence-corrected chi connectivity index (χ3v) is 5.89. The fraction of sp³-hybridized carbons (Fsp3) is 0.714. The fourth-order valence-corrected chi connectivity index (χ4v) is 4.88. The molecule has 3 rings (SSSR count). The summed E-state index contributed by atoms with van der Waals surface area (Å²) in [6.07, 6.45) is 1.54. The van der Waals surface area contributed by atoms with Gasteiger partial charge < -0.3 is 4.90 Å². The third kappa shape index (κ3) is 2.84. The van der Waals surface area contributed by atoms with E-state index in [-0.39, 0.29) is 17.4 Å². The Morgan fingerprint density at radius 1 is 1.29 bits per heavy atom. The minimum atomic E-state index is -3.11. The molecular weight excluding hydrogens is 290 g/mol. The smallest absolute Gasteiger partial charge is 0.274 e. The highest BCUT2D eigenvalue weighted by Crippen LogP contribution is 2.26. The van der Waals surface area contributed by atoms with Gasteiger partial charge in [0.2, 0.25) is 0 Å². The number of H-pyrrole nitrogens is 1. The van der Waals surface area contributed by atoms with E-state index in [0.29, 0.717) is 29.5 Å². The zero-order valence-corrected chi connectivity index (χ0v) is 13.2. The molecule has 0 unspecified atom stereocenters. The Bertz CT molecular complexity index is 655. The highest BCUT2D eigenvalue weighted by Gasteiger charge is 2.33. The van der Waals surface area contributed by atoms with E-state index in [1.807, 2.05) is 4.90 Å². The van der Waals surface area contributed by atoms with E-state index in [1.54, 1.807) is 0 Å². The molecule has 3 heterocycles. The molecule has 0 bridgehead atoms. The number of nitrogens with one attached hydrogen (secondary N) is 1. The molecule has 1 aromatic heterocycles. The molecule has 0 aromatic carbocycles. The van der Waals surface area contributed by atoms with Gasteiger partial charge in [0.15, 0.2) is 15.5 Å².